The summed E-state index contributed by atoms with van der Waals surface area (Å²) < 4.78 is 37.7. The van der Waals surface area contributed by atoms with Crippen LogP contribution in [-0.4, -0.2) is 9.97 Å². The molecule has 0 saturated carbocycles. The van der Waals surface area contributed by atoms with E-state index in [2.05, 4.69) is 20.6 Å². The molecule has 0 bridgehead atoms. The first kappa shape index (κ1) is 17.0. The Balaban J connectivity index is 1.75. The van der Waals surface area contributed by atoms with Crippen molar-refractivity contribution in [2.45, 2.75) is 6.18 Å². The molecule has 0 amide bonds. The Morgan fingerprint density at radius 3 is 2.28 bits per heavy atom. The molecule has 0 saturated heterocycles. The van der Waals surface area contributed by atoms with Crippen molar-refractivity contribution in [3.8, 4) is 0 Å². The highest BCUT2D eigenvalue weighted by Gasteiger charge is 2.29. The fourth-order valence-electron chi connectivity index (χ4n) is 2.06. The smallest absolute Gasteiger partial charge is 0.340 e. The van der Waals surface area contributed by atoms with Crippen molar-refractivity contribution in [3.05, 3.63) is 71.4 Å². The molecule has 3 rings (SSSR count). The van der Waals surface area contributed by atoms with Crippen molar-refractivity contribution in [1.82, 2.24) is 9.97 Å². The molecule has 0 unspecified atom stereocenters. The van der Waals surface area contributed by atoms with E-state index in [4.69, 9.17) is 11.6 Å². The van der Waals surface area contributed by atoms with E-state index in [1.807, 2.05) is 6.07 Å². The van der Waals surface area contributed by atoms with Gasteiger partial charge in [0.05, 0.1) is 16.3 Å². The number of aromatic nitrogens is 2. The first-order valence-electron chi connectivity index (χ1n) is 7.21. The lowest BCUT2D eigenvalue weighted by Crippen LogP contribution is -2.05. The molecule has 0 radical (unpaired) electrons. The number of nitrogens with one attached hydrogen (secondary N) is 2. The third-order valence-corrected chi connectivity index (χ3v) is 3.59. The lowest BCUT2D eigenvalue weighted by Gasteiger charge is -2.10. The highest BCUT2D eigenvalue weighted by molar-refractivity contribution is 6.33. The number of alkyl halides is 3. The summed E-state index contributed by atoms with van der Waals surface area (Å²) in [4.78, 5) is 8.36. The molecule has 0 aliphatic rings. The van der Waals surface area contributed by atoms with Crippen molar-refractivity contribution in [1.29, 1.82) is 0 Å². The number of hydrogen-bond acceptors (Lipinski definition) is 4. The highest BCUT2D eigenvalue weighted by atomic mass is 35.5. The molecular formula is C17H12ClF3N4. The van der Waals surface area contributed by atoms with Gasteiger partial charge >= 0.3 is 6.18 Å². The second-order valence-corrected chi connectivity index (χ2v) is 5.48. The van der Waals surface area contributed by atoms with Crippen LogP contribution in [0.25, 0.3) is 0 Å². The number of halogens is 4. The Bertz CT molecular complexity index is 866. The Morgan fingerprint density at radius 1 is 0.880 bits per heavy atom. The molecule has 0 spiro atoms. The van der Waals surface area contributed by atoms with Gasteiger partial charge in [0, 0.05) is 11.9 Å². The third kappa shape index (κ3) is 4.39. The molecule has 8 heteroatoms. The monoisotopic (exact) mass is 364 g/mol. The summed E-state index contributed by atoms with van der Waals surface area (Å²) in [6, 6.07) is 13.4. The maximum atomic E-state index is 12.6. The topological polar surface area (TPSA) is 49.8 Å². The van der Waals surface area contributed by atoms with Crippen molar-refractivity contribution >= 4 is 34.7 Å². The summed E-state index contributed by atoms with van der Waals surface area (Å²) in [5, 5.41) is 6.44. The van der Waals surface area contributed by atoms with E-state index in [0.29, 0.717) is 28.2 Å². The Kier molecular flexibility index (Phi) is 4.76. The first-order chi connectivity index (χ1) is 11.9. The SMILES string of the molecule is FC(F)(F)c1ccc(Nc2ccnc(Nc3ccccc3Cl)n2)cc1. The molecule has 2 aromatic carbocycles. The average Bonchev–Trinajstić information content (AvgIpc) is 2.57. The number of para-hydroxylation sites is 1. The van der Waals surface area contributed by atoms with Gasteiger partial charge in [0.15, 0.2) is 0 Å². The fourth-order valence-corrected chi connectivity index (χ4v) is 2.24. The number of rotatable bonds is 4. The molecule has 0 aliphatic heterocycles. The maximum Gasteiger partial charge on any atom is 0.416 e. The van der Waals surface area contributed by atoms with Gasteiger partial charge in [-0.15, -0.1) is 0 Å². The molecule has 128 valence electrons. The summed E-state index contributed by atoms with van der Waals surface area (Å²) in [6.07, 6.45) is -2.84. The highest BCUT2D eigenvalue weighted by Crippen LogP contribution is 2.30. The maximum absolute atomic E-state index is 12.6. The third-order valence-electron chi connectivity index (χ3n) is 3.26. The summed E-state index contributed by atoms with van der Waals surface area (Å²) in [5.41, 5.74) is 0.424. The molecule has 4 nitrogen and oxygen atoms in total. The van der Waals surface area contributed by atoms with Gasteiger partial charge in [-0.25, -0.2) is 4.98 Å². The summed E-state index contributed by atoms with van der Waals surface area (Å²) >= 11 is 6.07. The second-order valence-electron chi connectivity index (χ2n) is 5.07. The molecule has 3 aromatic rings. The van der Waals surface area contributed by atoms with E-state index in [1.54, 1.807) is 24.3 Å². The van der Waals surface area contributed by atoms with Gasteiger partial charge in [0.25, 0.3) is 0 Å². The van der Waals surface area contributed by atoms with Crippen LogP contribution in [0.15, 0.2) is 60.8 Å². The van der Waals surface area contributed by atoms with E-state index in [0.717, 1.165) is 12.1 Å². The molecule has 0 atom stereocenters. The molecular weight excluding hydrogens is 353 g/mol. The normalized spacial score (nSPS) is 11.2. The van der Waals surface area contributed by atoms with Crippen LogP contribution < -0.4 is 10.6 Å². The summed E-state index contributed by atoms with van der Waals surface area (Å²) in [5.74, 6) is 0.745. The van der Waals surface area contributed by atoms with E-state index < -0.39 is 11.7 Å². The molecule has 1 aromatic heterocycles. The molecule has 2 N–H and O–H groups in total. The first-order valence-corrected chi connectivity index (χ1v) is 7.58. The lowest BCUT2D eigenvalue weighted by atomic mass is 10.2. The lowest BCUT2D eigenvalue weighted by molar-refractivity contribution is -0.137. The minimum Gasteiger partial charge on any atom is -0.340 e. The number of hydrogen-bond donors (Lipinski definition) is 2. The van der Waals surface area contributed by atoms with Crippen LogP contribution in [0.5, 0.6) is 0 Å². The van der Waals surface area contributed by atoms with Crippen molar-refractivity contribution in [2.75, 3.05) is 10.6 Å². The average molecular weight is 365 g/mol. The van der Waals surface area contributed by atoms with Crippen LogP contribution in [0.3, 0.4) is 0 Å². The van der Waals surface area contributed by atoms with E-state index in [9.17, 15) is 13.2 Å². The molecule has 0 fully saturated rings. The largest absolute Gasteiger partial charge is 0.416 e. The summed E-state index contributed by atoms with van der Waals surface area (Å²) in [6.45, 7) is 0. The van der Waals surface area contributed by atoms with Crippen LogP contribution in [0, 0.1) is 0 Å². The van der Waals surface area contributed by atoms with E-state index >= 15 is 0 Å². The fraction of sp³-hybridized carbons (Fsp3) is 0.0588. The Morgan fingerprint density at radius 2 is 1.60 bits per heavy atom. The van der Waals surface area contributed by atoms with E-state index in [1.165, 1.54) is 18.3 Å². The van der Waals surface area contributed by atoms with Crippen LogP contribution in [0.1, 0.15) is 5.56 Å². The van der Waals surface area contributed by atoms with Gasteiger partial charge in [0.1, 0.15) is 5.82 Å². The van der Waals surface area contributed by atoms with E-state index in [-0.39, 0.29) is 0 Å². The van der Waals surface area contributed by atoms with Crippen LogP contribution >= 0.6 is 11.6 Å². The van der Waals surface area contributed by atoms with Crippen LogP contribution in [0.4, 0.5) is 36.3 Å². The predicted molar refractivity (Wildman–Crippen MR) is 91.5 cm³/mol. The minimum atomic E-state index is -4.36. The van der Waals surface area contributed by atoms with Gasteiger partial charge < -0.3 is 10.6 Å². The Hall–Kier alpha value is -2.80. The zero-order valence-electron chi connectivity index (χ0n) is 12.7. The van der Waals surface area contributed by atoms with Crippen LogP contribution in [-0.2, 0) is 6.18 Å². The molecule has 1 heterocycles. The number of benzene rings is 2. The zero-order valence-corrected chi connectivity index (χ0v) is 13.4. The Labute approximate surface area is 146 Å². The standard InChI is InChI=1S/C17H12ClF3N4/c18-13-3-1-2-4-14(13)24-16-22-10-9-15(25-16)23-12-7-5-11(6-8-12)17(19,20)21/h1-10H,(H2,22,23,24,25). The minimum absolute atomic E-state index is 0.310. The number of anilines is 4. The zero-order chi connectivity index (χ0) is 17.9. The van der Waals surface area contributed by atoms with Crippen molar-refractivity contribution < 1.29 is 13.2 Å². The summed E-state index contributed by atoms with van der Waals surface area (Å²) in [7, 11) is 0. The van der Waals surface area contributed by atoms with Gasteiger partial charge in [-0.2, -0.15) is 18.2 Å². The predicted octanol–water partition coefficient (Wildman–Crippen LogP) is 5.64. The van der Waals surface area contributed by atoms with Crippen LogP contribution in [0.2, 0.25) is 5.02 Å². The van der Waals surface area contributed by atoms with Gasteiger partial charge in [-0.05, 0) is 42.5 Å². The second kappa shape index (κ2) is 6.98. The number of nitrogens with zero attached hydrogens (tertiary/aromatic N) is 2. The van der Waals surface area contributed by atoms with Gasteiger partial charge in [-0.3, -0.25) is 0 Å². The van der Waals surface area contributed by atoms with Gasteiger partial charge in [-0.1, -0.05) is 23.7 Å². The molecule has 0 aliphatic carbocycles. The van der Waals surface area contributed by atoms with Crippen molar-refractivity contribution in [3.63, 3.8) is 0 Å². The van der Waals surface area contributed by atoms with Crippen molar-refractivity contribution in [2.24, 2.45) is 0 Å². The van der Waals surface area contributed by atoms with Gasteiger partial charge in [0.2, 0.25) is 5.95 Å². The molecule has 25 heavy (non-hydrogen) atoms. The quantitative estimate of drug-likeness (QED) is 0.629.